The summed E-state index contributed by atoms with van der Waals surface area (Å²) < 4.78 is 38.4. The molecular weight excluding hydrogens is 418 g/mol. The Kier molecular flexibility index (Phi) is 8.98. The first-order valence-corrected chi connectivity index (χ1v) is 12.9. The van der Waals surface area contributed by atoms with Gasteiger partial charge in [-0.25, -0.2) is 13.1 Å². The van der Waals surface area contributed by atoms with Crippen LogP contribution in [-0.2, 0) is 14.8 Å². The summed E-state index contributed by atoms with van der Waals surface area (Å²) in [7, 11) is -3.59. The molecule has 1 amide bonds. The molecule has 9 heteroatoms. The van der Waals surface area contributed by atoms with Crippen LogP contribution in [0.5, 0.6) is 11.5 Å². The number of carbonyl (C=O) groups excluding carboxylic acids is 1. The van der Waals surface area contributed by atoms with Crippen LogP contribution in [0.3, 0.4) is 0 Å². The Bertz CT molecular complexity index is 822. The Morgan fingerprint density at radius 3 is 2.58 bits per heavy atom. The fourth-order valence-corrected chi connectivity index (χ4v) is 5.07. The minimum Gasteiger partial charge on any atom is -0.486 e. The first-order chi connectivity index (χ1) is 15.0. The van der Waals surface area contributed by atoms with Gasteiger partial charge in [0.1, 0.15) is 13.2 Å². The van der Waals surface area contributed by atoms with Gasteiger partial charge in [-0.2, -0.15) is 0 Å². The average molecular weight is 454 g/mol. The van der Waals surface area contributed by atoms with Crippen molar-refractivity contribution in [2.24, 2.45) is 0 Å². The molecule has 8 nitrogen and oxygen atoms in total. The minimum absolute atomic E-state index is 0.103. The zero-order valence-corrected chi connectivity index (χ0v) is 19.2. The molecular formula is C22H35N3O5S. The number of fused-ring (bicyclic) bond motifs is 1. The molecule has 31 heavy (non-hydrogen) atoms. The Labute approximate surface area is 185 Å². The second-order valence-corrected chi connectivity index (χ2v) is 9.96. The number of benzene rings is 1. The summed E-state index contributed by atoms with van der Waals surface area (Å²) in [6.45, 7) is 6.67. The van der Waals surface area contributed by atoms with Gasteiger partial charge in [-0.05, 0) is 50.8 Å². The number of nitrogens with one attached hydrogen (secondary N) is 2. The zero-order valence-electron chi connectivity index (χ0n) is 18.4. The standard InChI is InChI=1S/C22H35N3O5S/c1-2-12-25-13-9-18(10-14-25)24-22(26)6-4-3-5-11-23-31(27,28)19-7-8-20-21(17-19)30-16-15-29-20/h7-8,17-18,23H,2-6,9-16H2,1H3,(H,24,26). The molecule has 174 valence electrons. The smallest absolute Gasteiger partial charge is 0.240 e. The highest BCUT2D eigenvalue weighted by molar-refractivity contribution is 7.89. The van der Waals surface area contributed by atoms with E-state index in [0.29, 0.717) is 50.1 Å². The van der Waals surface area contributed by atoms with Crippen LogP contribution < -0.4 is 19.5 Å². The van der Waals surface area contributed by atoms with Crippen molar-refractivity contribution in [3.63, 3.8) is 0 Å². The summed E-state index contributed by atoms with van der Waals surface area (Å²) in [4.78, 5) is 14.8. The molecule has 0 saturated carbocycles. The van der Waals surface area contributed by atoms with Crippen LogP contribution in [0.15, 0.2) is 23.1 Å². The van der Waals surface area contributed by atoms with Crippen molar-refractivity contribution in [2.75, 3.05) is 39.4 Å². The molecule has 0 unspecified atom stereocenters. The second-order valence-electron chi connectivity index (χ2n) is 8.20. The highest BCUT2D eigenvalue weighted by atomic mass is 32.2. The second kappa shape index (κ2) is 11.7. The van der Waals surface area contributed by atoms with Gasteiger partial charge in [0.25, 0.3) is 0 Å². The van der Waals surface area contributed by atoms with Crippen molar-refractivity contribution < 1.29 is 22.7 Å². The van der Waals surface area contributed by atoms with Crippen LogP contribution in [0, 0.1) is 0 Å². The molecule has 1 aromatic carbocycles. The lowest BCUT2D eigenvalue weighted by Gasteiger charge is -2.32. The number of amides is 1. The molecule has 2 aliphatic heterocycles. The number of rotatable bonds is 11. The molecule has 1 aromatic rings. The minimum atomic E-state index is -3.59. The Balaban J connectivity index is 1.29. The molecule has 2 heterocycles. The number of unbranched alkanes of at least 4 members (excludes halogenated alkanes) is 2. The summed E-state index contributed by atoms with van der Waals surface area (Å²) in [6.07, 6.45) is 5.94. The van der Waals surface area contributed by atoms with E-state index in [1.165, 1.54) is 18.6 Å². The average Bonchev–Trinajstić information content (AvgIpc) is 2.77. The summed E-state index contributed by atoms with van der Waals surface area (Å²) in [6, 6.07) is 4.93. The highest BCUT2D eigenvalue weighted by Crippen LogP contribution is 2.32. The topological polar surface area (TPSA) is 97.0 Å². The van der Waals surface area contributed by atoms with E-state index < -0.39 is 10.0 Å². The van der Waals surface area contributed by atoms with Gasteiger partial charge in [0.15, 0.2) is 11.5 Å². The van der Waals surface area contributed by atoms with Gasteiger partial charge in [0.2, 0.25) is 15.9 Å². The third-order valence-electron chi connectivity index (χ3n) is 5.69. The van der Waals surface area contributed by atoms with Gasteiger partial charge in [-0.15, -0.1) is 0 Å². The number of likely N-dealkylation sites (tertiary alicyclic amines) is 1. The van der Waals surface area contributed by atoms with Crippen LogP contribution >= 0.6 is 0 Å². The molecule has 0 atom stereocenters. The van der Waals surface area contributed by atoms with Crippen LogP contribution in [0.25, 0.3) is 0 Å². The Morgan fingerprint density at radius 1 is 1.10 bits per heavy atom. The first kappa shape index (κ1) is 23.8. The fraction of sp³-hybridized carbons (Fsp3) is 0.682. The first-order valence-electron chi connectivity index (χ1n) is 11.4. The van der Waals surface area contributed by atoms with Crippen molar-refractivity contribution in [1.29, 1.82) is 0 Å². The Hall–Kier alpha value is -1.84. The maximum absolute atomic E-state index is 12.5. The number of hydrogen-bond donors (Lipinski definition) is 2. The number of hydrogen-bond acceptors (Lipinski definition) is 6. The van der Waals surface area contributed by atoms with E-state index in [0.717, 1.165) is 45.3 Å². The number of piperidine rings is 1. The van der Waals surface area contributed by atoms with E-state index in [1.54, 1.807) is 6.07 Å². The van der Waals surface area contributed by atoms with Crippen molar-refractivity contribution in [3.8, 4) is 11.5 Å². The number of ether oxygens (including phenoxy) is 2. The lowest BCUT2D eigenvalue weighted by Crippen LogP contribution is -2.44. The molecule has 0 radical (unpaired) electrons. The van der Waals surface area contributed by atoms with Crippen molar-refractivity contribution in [1.82, 2.24) is 14.9 Å². The largest absolute Gasteiger partial charge is 0.486 e. The zero-order chi connectivity index (χ0) is 22.1. The van der Waals surface area contributed by atoms with Crippen LogP contribution in [0.1, 0.15) is 51.9 Å². The normalized spacial score (nSPS) is 17.5. The molecule has 1 fully saturated rings. The van der Waals surface area contributed by atoms with Crippen molar-refractivity contribution in [3.05, 3.63) is 18.2 Å². The van der Waals surface area contributed by atoms with Crippen LogP contribution in [0.4, 0.5) is 0 Å². The maximum atomic E-state index is 12.5. The number of nitrogens with zero attached hydrogens (tertiary/aromatic N) is 1. The predicted octanol–water partition coefficient (Wildman–Crippen LogP) is 2.29. The molecule has 0 bridgehead atoms. The predicted molar refractivity (Wildman–Crippen MR) is 119 cm³/mol. The van der Waals surface area contributed by atoms with E-state index in [1.807, 2.05) is 0 Å². The van der Waals surface area contributed by atoms with Gasteiger partial charge < -0.3 is 19.7 Å². The quantitative estimate of drug-likeness (QED) is 0.499. The number of carbonyl (C=O) groups is 1. The lowest BCUT2D eigenvalue weighted by molar-refractivity contribution is -0.122. The third-order valence-corrected chi connectivity index (χ3v) is 7.15. The SMILES string of the molecule is CCCN1CCC(NC(=O)CCCCCNS(=O)(=O)c2ccc3c(c2)OCCO3)CC1. The van der Waals surface area contributed by atoms with E-state index in [9.17, 15) is 13.2 Å². The monoisotopic (exact) mass is 453 g/mol. The van der Waals surface area contributed by atoms with Crippen molar-refractivity contribution >= 4 is 15.9 Å². The van der Waals surface area contributed by atoms with E-state index in [4.69, 9.17) is 9.47 Å². The molecule has 0 aliphatic carbocycles. The van der Waals surface area contributed by atoms with E-state index in [-0.39, 0.29) is 10.8 Å². The summed E-state index contributed by atoms with van der Waals surface area (Å²) >= 11 is 0. The summed E-state index contributed by atoms with van der Waals surface area (Å²) in [5.74, 6) is 1.12. The van der Waals surface area contributed by atoms with Crippen LogP contribution in [-0.4, -0.2) is 64.7 Å². The van der Waals surface area contributed by atoms with Gasteiger partial charge in [0, 0.05) is 38.2 Å². The third kappa shape index (κ3) is 7.36. The van der Waals surface area contributed by atoms with E-state index in [2.05, 4.69) is 21.9 Å². The molecule has 2 N–H and O–H groups in total. The lowest BCUT2D eigenvalue weighted by atomic mass is 10.0. The molecule has 1 saturated heterocycles. The van der Waals surface area contributed by atoms with E-state index >= 15 is 0 Å². The fourth-order valence-electron chi connectivity index (χ4n) is 3.99. The van der Waals surface area contributed by atoms with Gasteiger partial charge in [-0.1, -0.05) is 13.3 Å². The van der Waals surface area contributed by atoms with Crippen LogP contribution in [0.2, 0.25) is 0 Å². The molecule has 0 aromatic heterocycles. The van der Waals surface area contributed by atoms with Gasteiger partial charge >= 0.3 is 0 Å². The Morgan fingerprint density at radius 2 is 1.84 bits per heavy atom. The molecule has 2 aliphatic rings. The van der Waals surface area contributed by atoms with Gasteiger partial charge in [-0.3, -0.25) is 4.79 Å². The summed E-state index contributed by atoms with van der Waals surface area (Å²) in [5.41, 5.74) is 0. The molecule has 3 rings (SSSR count). The highest BCUT2D eigenvalue weighted by Gasteiger charge is 2.20. The summed E-state index contributed by atoms with van der Waals surface area (Å²) in [5, 5.41) is 3.14. The number of sulfonamides is 1. The van der Waals surface area contributed by atoms with Gasteiger partial charge in [0.05, 0.1) is 4.90 Å². The van der Waals surface area contributed by atoms with Crippen molar-refractivity contribution in [2.45, 2.75) is 62.8 Å². The maximum Gasteiger partial charge on any atom is 0.240 e. The molecule has 0 spiro atoms.